The Kier molecular flexibility index (Phi) is 3.68. The van der Waals surface area contributed by atoms with E-state index in [-0.39, 0.29) is 0 Å². The second kappa shape index (κ2) is 5.86. The number of hydrogen-bond donors (Lipinski definition) is 0. The van der Waals surface area contributed by atoms with Crippen LogP contribution in [0.5, 0.6) is 0 Å². The highest BCUT2D eigenvalue weighted by Crippen LogP contribution is 2.44. The van der Waals surface area contributed by atoms with Crippen molar-refractivity contribution in [1.29, 1.82) is 0 Å². The highest BCUT2D eigenvalue weighted by molar-refractivity contribution is 5.75. The molecule has 0 spiro atoms. The van der Waals surface area contributed by atoms with E-state index in [1.54, 1.807) is 0 Å². The molecule has 24 heavy (non-hydrogen) atoms. The lowest BCUT2D eigenvalue weighted by molar-refractivity contribution is 0.325. The lowest BCUT2D eigenvalue weighted by atomic mass is 9.85. The summed E-state index contributed by atoms with van der Waals surface area (Å²) in [5, 5.41) is 0. The molecule has 122 valence electrons. The molecule has 0 saturated carbocycles. The van der Waals surface area contributed by atoms with Gasteiger partial charge in [0.1, 0.15) is 0 Å². The van der Waals surface area contributed by atoms with Crippen molar-refractivity contribution in [3.05, 3.63) is 83.6 Å². The van der Waals surface area contributed by atoms with Crippen molar-refractivity contribution in [3.63, 3.8) is 0 Å². The number of rotatable bonds is 2. The molecule has 2 heteroatoms. The quantitative estimate of drug-likeness (QED) is 0.752. The molecule has 0 N–H and O–H groups in total. The third-order valence-corrected chi connectivity index (χ3v) is 5.35. The van der Waals surface area contributed by atoms with E-state index in [0.29, 0.717) is 12.0 Å². The smallest absolute Gasteiger partial charge is 0.0447 e. The molecule has 2 unspecified atom stereocenters. The molecule has 2 aromatic rings. The Hall–Kier alpha value is -2.48. The van der Waals surface area contributed by atoms with Crippen molar-refractivity contribution in [2.45, 2.75) is 32.4 Å². The van der Waals surface area contributed by atoms with Gasteiger partial charge in [0.05, 0.1) is 0 Å². The monoisotopic (exact) mass is 316 g/mol. The van der Waals surface area contributed by atoms with Crippen LogP contribution in [0.4, 0.5) is 11.4 Å². The van der Waals surface area contributed by atoms with Crippen molar-refractivity contribution in [2.24, 2.45) is 0 Å². The molecule has 2 atom stereocenters. The Morgan fingerprint density at radius 1 is 0.917 bits per heavy atom. The number of benzene rings is 2. The fraction of sp³-hybridized carbons (Fsp3) is 0.273. The van der Waals surface area contributed by atoms with Gasteiger partial charge in [-0.25, -0.2) is 0 Å². The van der Waals surface area contributed by atoms with Crippen LogP contribution in [0.15, 0.2) is 66.9 Å². The van der Waals surface area contributed by atoms with E-state index < -0.39 is 0 Å². The minimum absolute atomic E-state index is 0.432. The summed E-state index contributed by atoms with van der Waals surface area (Å²) < 4.78 is 0. The van der Waals surface area contributed by atoms with E-state index in [1.807, 2.05) is 0 Å². The summed E-state index contributed by atoms with van der Waals surface area (Å²) in [6.07, 6.45) is 8.67. The molecule has 0 radical (unpaired) electrons. The van der Waals surface area contributed by atoms with Gasteiger partial charge in [0.15, 0.2) is 0 Å². The Morgan fingerprint density at radius 2 is 1.71 bits per heavy atom. The lowest BCUT2D eigenvalue weighted by Crippen LogP contribution is -2.27. The first-order valence-corrected chi connectivity index (χ1v) is 8.71. The fourth-order valence-electron chi connectivity index (χ4n) is 3.85. The largest absolute Gasteiger partial charge is 0.367 e. The van der Waals surface area contributed by atoms with Crippen LogP contribution in [0.3, 0.4) is 0 Å². The summed E-state index contributed by atoms with van der Waals surface area (Å²) in [7, 11) is 2.17. The summed E-state index contributed by atoms with van der Waals surface area (Å²) in [6.45, 7) is 5.51. The van der Waals surface area contributed by atoms with Gasteiger partial charge in [0.2, 0.25) is 0 Å². The predicted octanol–water partition coefficient (Wildman–Crippen LogP) is 5.19. The van der Waals surface area contributed by atoms with Crippen LogP contribution in [0.25, 0.3) is 0 Å². The Labute approximate surface area is 144 Å². The standard InChI is InChI=1S/C22H24N2/c1-16-8-6-7-13-24(16)15-18-11-12-22-20(14-18)17(2)19-9-4-5-10-21(19)23(22)3/h4-14,16-17H,15H2,1-3H3. The summed E-state index contributed by atoms with van der Waals surface area (Å²) >= 11 is 0. The highest BCUT2D eigenvalue weighted by atomic mass is 15.1. The molecule has 0 bridgehead atoms. The van der Waals surface area contributed by atoms with Crippen LogP contribution in [0.1, 0.15) is 36.5 Å². The number of allylic oxidation sites excluding steroid dienone is 2. The Bertz CT molecular complexity index is 818. The third kappa shape index (κ3) is 2.43. The number of nitrogens with zero attached hydrogens (tertiary/aromatic N) is 2. The first kappa shape index (κ1) is 15.1. The normalized spacial score (nSPS) is 21.6. The third-order valence-electron chi connectivity index (χ3n) is 5.35. The molecule has 4 rings (SSSR count). The maximum atomic E-state index is 2.39. The second-order valence-electron chi connectivity index (χ2n) is 6.87. The fourth-order valence-corrected chi connectivity index (χ4v) is 3.85. The molecule has 0 saturated heterocycles. The molecular formula is C22H24N2. The predicted molar refractivity (Wildman–Crippen MR) is 102 cm³/mol. The van der Waals surface area contributed by atoms with Crippen LogP contribution in [-0.2, 0) is 6.54 Å². The summed E-state index contributed by atoms with van der Waals surface area (Å²) in [5.74, 6) is 0.432. The maximum absolute atomic E-state index is 2.39. The molecule has 0 aliphatic carbocycles. The van der Waals surface area contributed by atoms with E-state index >= 15 is 0 Å². The summed E-state index contributed by atoms with van der Waals surface area (Å²) in [6, 6.07) is 16.1. The molecule has 2 heterocycles. The van der Waals surface area contributed by atoms with E-state index in [9.17, 15) is 0 Å². The van der Waals surface area contributed by atoms with Gasteiger partial charge >= 0.3 is 0 Å². The topological polar surface area (TPSA) is 6.48 Å². The van der Waals surface area contributed by atoms with Gasteiger partial charge in [0, 0.05) is 36.9 Å². The number of hydrogen-bond acceptors (Lipinski definition) is 2. The summed E-state index contributed by atoms with van der Waals surface area (Å²) in [4.78, 5) is 4.70. The average Bonchev–Trinajstić information content (AvgIpc) is 2.62. The molecule has 2 nitrogen and oxygen atoms in total. The molecule has 0 fully saturated rings. The first-order valence-electron chi connectivity index (χ1n) is 8.71. The molecule has 2 aliphatic heterocycles. The Balaban J connectivity index is 1.68. The van der Waals surface area contributed by atoms with Gasteiger partial charge in [0.25, 0.3) is 0 Å². The zero-order chi connectivity index (χ0) is 16.7. The second-order valence-corrected chi connectivity index (χ2v) is 6.87. The minimum atomic E-state index is 0.432. The molecule has 2 aliphatic rings. The first-order chi connectivity index (χ1) is 11.6. The van der Waals surface area contributed by atoms with Gasteiger partial charge in [-0.05, 0) is 48.0 Å². The van der Waals surface area contributed by atoms with Gasteiger partial charge in [-0.2, -0.15) is 0 Å². The molecule has 2 aromatic carbocycles. The zero-order valence-corrected chi connectivity index (χ0v) is 14.6. The van der Waals surface area contributed by atoms with E-state index in [4.69, 9.17) is 0 Å². The highest BCUT2D eigenvalue weighted by Gasteiger charge is 2.25. The van der Waals surface area contributed by atoms with Gasteiger partial charge in [-0.15, -0.1) is 0 Å². The molecule has 0 amide bonds. The average molecular weight is 316 g/mol. The lowest BCUT2D eigenvalue weighted by Gasteiger charge is -2.35. The van der Waals surface area contributed by atoms with Crippen molar-refractivity contribution in [1.82, 2.24) is 4.90 Å². The number of anilines is 2. The van der Waals surface area contributed by atoms with Crippen molar-refractivity contribution >= 4 is 11.4 Å². The maximum Gasteiger partial charge on any atom is 0.0447 e. The van der Waals surface area contributed by atoms with E-state index in [0.717, 1.165) is 6.54 Å². The van der Waals surface area contributed by atoms with Crippen LogP contribution in [-0.4, -0.2) is 18.0 Å². The molecular weight excluding hydrogens is 292 g/mol. The SMILES string of the molecule is CC1c2ccccc2N(C)c2ccc(CN3C=CC=CC3C)cc21. The minimum Gasteiger partial charge on any atom is -0.367 e. The van der Waals surface area contributed by atoms with Crippen LogP contribution < -0.4 is 4.90 Å². The van der Waals surface area contributed by atoms with Crippen LogP contribution in [0.2, 0.25) is 0 Å². The molecule has 0 aromatic heterocycles. The summed E-state index contributed by atoms with van der Waals surface area (Å²) in [5.41, 5.74) is 6.87. The van der Waals surface area contributed by atoms with E-state index in [1.165, 1.54) is 28.1 Å². The van der Waals surface area contributed by atoms with Crippen molar-refractivity contribution in [3.8, 4) is 0 Å². The van der Waals surface area contributed by atoms with Crippen molar-refractivity contribution in [2.75, 3.05) is 11.9 Å². The van der Waals surface area contributed by atoms with Crippen LogP contribution >= 0.6 is 0 Å². The van der Waals surface area contributed by atoms with Gasteiger partial charge < -0.3 is 9.80 Å². The van der Waals surface area contributed by atoms with Gasteiger partial charge in [-0.1, -0.05) is 49.4 Å². The zero-order valence-electron chi connectivity index (χ0n) is 14.6. The van der Waals surface area contributed by atoms with Crippen LogP contribution in [0, 0.1) is 0 Å². The number of fused-ring (bicyclic) bond motifs is 2. The van der Waals surface area contributed by atoms with E-state index in [2.05, 4.69) is 97.6 Å². The van der Waals surface area contributed by atoms with Gasteiger partial charge in [-0.3, -0.25) is 0 Å². The van der Waals surface area contributed by atoms with Crippen molar-refractivity contribution < 1.29 is 0 Å². The number of para-hydroxylation sites is 1. The Morgan fingerprint density at radius 3 is 2.54 bits per heavy atom.